The van der Waals surface area contributed by atoms with Gasteiger partial charge in [0.1, 0.15) is 12.4 Å². The number of carbonyl (C=O) groups is 2. The van der Waals surface area contributed by atoms with E-state index < -0.39 is 0 Å². The first-order valence-corrected chi connectivity index (χ1v) is 14.2. The number of aromatic nitrogens is 2. The molecule has 2 aliphatic rings. The summed E-state index contributed by atoms with van der Waals surface area (Å²) in [5, 5.41) is 0. The van der Waals surface area contributed by atoms with E-state index in [1.165, 1.54) is 19.3 Å². The molecule has 2 heterocycles. The van der Waals surface area contributed by atoms with Crippen LogP contribution in [0.5, 0.6) is 0 Å². The molecular formula is C33H36N4O2. The van der Waals surface area contributed by atoms with Crippen LogP contribution in [0, 0.1) is 6.92 Å². The van der Waals surface area contributed by atoms with E-state index in [0.717, 1.165) is 46.5 Å². The molecule has 0 spiro atoms. The number of rotatable bonds is 7. The quantitative estimate of drug-likeness (QED) is 0.290. The molecule has 6 nitrogen and oxygen atoms in total. The van der Waals surface area contributed by atoms with E-state index >= 15 is 0 Å². The Morgan fingerprint density at radius 2 is 1.64 bits per heavy atom. The van der Waals surface area contributed by atoms with Crippen LogP contribution in [-0.2, 0) is 22.7 Å². The van der Waals surface area contributed by atoms with E-state index in [1.807, 2.05) is 78.6 Å². The lowest BCUT2D eigenvalue weighted by Crippen LogP contribution is -2.42. The third-order valence-corrected chi connectivity index (χ3v) is 8.41. The van der Waals surface area contributed by atoms with Crippen molar-refractivity contribution in [2.75, 3.05) is 11.4 Å². The minimum Gasteiger partial charge on any atom is -0.334 e. The fraction of sp³-hybridized carbons (Fsp3) is 0.364. The van der Waals surface area contributed by atoms with Crippen LogP contribution < -0.4 is 4.90 Å². The van der Waals surface area contributed by atoms with Crippen molar-refractivity contribution < 1.29 is 9.59 Å². The highest BCUT2D eigenvalue weighted by Crippen LogP contribution is 2.35. The second-order valence-electron chi connectivity index (χ2n) is 11.0. The van der Waals surface area contributed by atoms with Gasteiger partial charge in [0.15, 0.2) is 0 Å². The first-order chi connectivity index (χ1) is 19.1. The number of imidazole rings is 1. The second-order valence-corrected chi connectivity index (χ2v) is 11.0. The summed E-state index contributed by atoms with van der Waals surface area (Å²) in [7, 11) is 0. The molecule has 2 amide bonds. The lowest BCUT2D eigenvalue weighted by Gasteiger charge is -2.35. The Morgan fingerprint density at radius 3 is 2.44 bits per heavy atom. The molecule has 6 rings (SSSR count). The molecule has 1 saturated carbocycles. The number of hydrogen-bond acceptors (Lipinski definition) is 3. The summed E-state index contributed by atoms with van der Waals surface area (Å²) < 4.78 is 2.08. The van der Waals surface area contributed by atoms with E-state index in [-0.39, 0.29) is 30.3 Å². The Bertz CT molecular complexity index is 1470. The number of anilines is 1. The Morgan fingerprint density at radius 1 is 0.923 bits per heavy atom. The molecule has 4 aromatic rings. The Labute approximate surface area is 230 Å². The first kappa shape index (κ1) is 25.4. The number of amides is 2. The van der Waals surface area contributed by atoms with Crippen molar-refractivity contribution in [2.24, 2.45) is 0 Å². The highest BCUT2D eigenvalue weighted by Gasteiger charge is 2.36. The van der Waals surface area contributed by atoms with Crippen LogP contribution in [0.2, 0.25) is 0 Å². The van der Waals surface area contributed by atoms with Crippen molar-refractivity contribution in [3.63, 3.8) is 0 Å². The van der Waals surface area contributed by atoms with Gasteiger partial charge in [0.05, 0.1) is 11.0 Å². The van der Waals surface area contributed by atoms with Crippen molar-refractivity contribution in [1.82, 2.24) is 14.5 Å². The highest BCUT2D eigenvalue weighted by atomic mass is 16.2. The van der Waals surface area contributed by atoms with Gasteiger partial charge in [-0.3, -0.25) is 9.59 Å². The van der Waals surface area contributed by atoms with Gasteiger partial charge in [-0.15, -0.1) is 0 Å². The van der Waals surface area contributed by atoms with E-state index in [2.05, 4.69) is 21.6 Å². The van der Waals surface area contributed by atoms with Gasteiger partial charge in [0.25, 0.3) is 0 Å². The molecule has 1 aliphatic carbocycles. The number of nitrogens with zero attached hydrogens (tertiary/aromatic N) is 4. The van der Waals surface area contributed by atoms with E-state index in [4.69, 9.17) is 4.98 Å². The van der Waals surface area contributed by atoms with Gasteiger partial charge in [-0.1, -0.05) is 79.9 Å². The predicted octanol–water partition coefficient (Wildman–Crippen LogP) is 6.23. The largest absolute Gasteiger partial charge is 0.334 e. The molecule has 0 N–H and O–H groups in total. The lowest BCUT2D eigenvalue weighted by molar-refractivity contribution is -0.135. The van der Waals surface area contributed by atoms with Crippen molar-refractivity contribution in [3.8, 4) is 0 Å². The van der Waals surface area contributed by atoms with E-state index in [1.54, 1.807) is 0 Å². The molecule has 6 heteroatoms. The monoisotopic (exact) mass is 520 g/mol. The van der Waals surface area contributed by atoms with Gasteiger partial charge in [0, 0.05) is 37.2 Å². The standard InChI is InChI=1S/C33H36N4O2/c1-24-12-8-10-18-29(24)36-22-26(20-31(36)38)33-34-28-17-9-11-19-30(28)37(33)23-32(39)35(27-15-6-3-7-16-27)21-25-13-4-2-5-14-25/h2,4-5,8-14,17-19,26-27H,3,6-7,15-16,20-23H2,1H3. The van der Waals surface area contributed by atoms with Gasteiger partial charge < -0.3 is 14.4 Å². The van der Waals surface area contributed by atoms with Crippen molar-refractivity contribution in [3.05, 3.63) is 95.8 Å². The summed E-state index contributed by atoms with van der Waals surface area (Å²) in [6, 6.07) is 26.6. The van der Waals surface area contributed by atoms with Gasteiger partial charge >= 0.3 is 0 Å². The van der Waals surface area contributed by atoms with Crippen LogP contribution in [0.4, 0.5) is 5.69 Å². The molecule has 39 heavy (non-hydrogen) atoms. The molecule has 1 atom stereocenters. The molecule has 1 saturated heterocycles. The number of benzene rings is 3. The minimum absolute atomic E-state index is 0.0745. The normalized spacial score (nSPS) is 18.1. The van der Waals surface area contributed by atoms with Crippen LogP contribution in [0.15, 0.2) is 78.9 Å². The zero-order valence-corrected chi connectivity index (χ0v) is 22.6. The average molecular weight is 521 g/mol. The SMILES string of the molecule is Cc1ccccc1N1CC(c2nc3ccccc3n2CC(=O)N(Cc2ccccc2)C2CCCCC2)CC1=O. The molecule has 200 valence electrons. The topological polar surface area (TPSA) is 58.4 Å². The molecule has 1 aliphatic heterocycles. The first-order valence-electron chi connectivity index (χ1n) is 14.2. The predicted molar refractivity (Wildman–Crippen MR) is 154 cm³/mol. The summed E-state index contributed by atoms with van der Waals surface area (Å²) >= 11 is 0. The van der Waals surface area contributed by atoms with E-state index in [0.29, 0.717) is 19.5 Å². The third kappa shape index (κ3) is 5.20. The molecule has 0 radical (unpaired) electrons. The molecule has 1 aromatic heterocycles. The summed E-state index contributed by atoms with van der Waals surface area (Å²) in [6.45, 7) is 3.46. The number of para-hydroxylation sites is 3. The minimum atomic E-state index is -0.0745. The Kier molecular flexibility index (Phi) is 7.18. The highest BCUT2D eigenvalue weighted by molar-refractivity contribution is 5.97. The maximum absolute atomic E-state index is 14.1. The molecule has 2 fully saturated rings. The van der Waals surface area contributed by atoms with Crippen molar-refractivity contribution in [2.45, 2.75) is 70.5 Å². The van der Waals surface area contributed by atoms with Gasteiger partial charge in [0.2, 0.25) is 11.8 Å². The second kappa shape index (κ2) is 11.0. The molecule has 1 unspecified atom stereocenters. The van der Waals surface area contributed by atoms with Gasteiger partial charge in [-0.25, -0.2) is 4.98 Å². The van der Waals surface area contributed by atoms with E-state index in [9.17, 15) is 9.59 Å². The van der Waals surface area contributed by atoms with Crippen LogP contribution in [0.25, 0.3) is 11.0 Å². The van der Waals surface area contributed by atoms with Gasteiger partial charge in [-0.2, -0.15) is 0 Å². The zero-order chi connectivity index (χ0) is 26.8. The third-order valence-electron chi connectivity index (χ3n) is 8.41. The smallest absolute Gasteiger partial charge is 0.243 e. The lowest BCUT2D eigenvalue weighted by atomic mass is 9.93. The van der Waals surface area contributed by atoms with Crippen LogP contribution in [-0.4, -0.2) is 38.9 Å². The fourth-order valence-electron chi connectivity index (χ4n) is 6.37. The summed E-state index contributed by atoms with van der Waals surface area (Å²) in [5.74, 6) is 0.981. The number of carbonyl (C=O) groups excluding carboxylic acids is 2. The molecular weight excluding hydrogens is 484 g/mol. The molecule has 3 aromatic carbocycles. The van der Waals surface area contributed by atoms with Crippen LogP contribution in [0.3, 0.4) is 0 Å². The van der Waals surface area contributed by atoms with Crippen LogP contribution >= 0.6 is 0 Å². The average Bonchev–Trinajstić information content (AvgIpc) is 3.53. The van der Waals surface area contributed by atoms with Crippen molar-refractivity contribution >= 4 is 28.5 Å². The van der Waals surface area contributed by atoms with Gasteiger partial charge in [-0.05, 0) is 49.1 Å². The summed E-state index contributed by atoms with van der Waals surface area (Å²) in [6.07, 6.45) is 6.08. The summed E-state index contributed by atoms with van der Waals surface area (Å²) in [5.41, 5.74) is 5.01. The van der Waals surface area contributed by atoms with Crippen molar-refractivity contribution in [1.29, 1.82) is 0 Å². The van der Waals surface area contributed by atoms with Crippen LogP contribution in [0.1, 0.15) is 61.4 Å². The number of hydrogen-bond donors (Lipinski definition) is 0. The number of fused-ring (bicyclic) bond motifs is 1. The maximum Gasteiger partial charge on any atom is 0.243 e. The molecule has 0 bridgehead atoms. The zero-order valence-electron chi connectivity index (χ0n) is 22.6. The maximum atomic E-state index is 14.1. The Hall–Kier alpha value is -3.93. The summed E-state index contributed by atoms with van der Waals surface area (Å²) in [4.78, 5) is 36.3. The number of aryl methyl sites for hydroxylation is 1. The Balaban J connectivity index is 1.32. The fourth-order valence-corrected chi connectivity index (χ4v) is 6.37.